The topological polar surface area (TPSA) is 84.7 Å². The van der Waals surface area contributed by atoms with E-state index >= 15 is 0 Å². The SMILES string of the molecule is CC1Oc2ccc(CN(C)C(=O)CN)cc2NC1=O. The Hall–Kier alpha value is -2.08. The van der Waals surface area contributed by atoms with Crippen molar-refractivity contribution in [1.29, 1.82) is 0 Å². The molecule has 0 saturated heterocycles. The van der Waals surface area contributed by atoms with E-state index in [-0.39, 0.29) is 18.4 Å². The summed E-state index contributed by atoms with van der Waals surface area (Å²) in [6, 6.07) is 5.46. The fourth-order valence-corrected chi connectivity index (χ4v) is 1.87. The molecule has 1 aliphatic rings. The maximum atomic E-state index is 11.5. The number of amides is 2. The van der Waals surface area contributed by atoms with Gasteiger partial charge in [0.25, 0.3) is 5.91 Å². The van der Waals surface area contributed by atoms with E-state index in [1.807, 2.05) is 6.07 Å². The molecule has 0 saturated carbocycles. The lowest BCUT2D eigenvalue weighted by Gasteiger charge is -2.24. The Morgan fingerprint density at radius 2 is 2.26 bits per heavy atom. The second-order valence-electron chi connectivity index (χ2n) is 4.53. The number of carbonyl (C=O) groups excluding carboxylic acids is 2. The van der Waals surface area contributed by atoms with E-state index in [9.17, 15) is 9.59 Å². The van der Waals surface area contributed by atoms with Gasteiger partial charge in [0, 0.05) is 13.6 Å². The monoisotopic (exact) mass is 263 g/mol. The van der Waals surface area contributed by atoms with Gasteiger partial charge in [-0.25, -0.2) is 0 Å². The molecule has 0 spiro atoms. The molecular formula is C13H17N3O3. The Labute approximate surface area is 111 Å². The minimum atomic E-state index is -0.486. The van der Waals surface area contributed by atoms with Crippen molar-refractivity contribution in [3.8, 4) is 5.75 Å². The number of benzene rings is 1. The molecule has 1 aromatic carbocycles. The Morgan fingerprint density at radius 1 is 1.53 bits per heavy atom. The summed E-state index contributed by atoms with van der Waals surface area (Å²) >= 11 is 0. The van der Waals surface area contributed by atoms with Crippen LogP contribution in [0.1, 0.15) is 12.5 Å². The van der Waals surface area contributed by atoms with Crippen molar-refractivity contribution in [2.24, 2.45) is 5.73 Å². The summed E-state index contributed by atoms with van der Waals surface area (Å²) in [5.74, 6) is 0.339. The predicted molar refractivity (Wildman–Crippen MR) is 70.7 cm³/mol. The van der Waals surface area contributed by atoms with Gasteiger partial charge in [-0.2, -0.15) is 0 Å². The average molecular weight is 263 g/mol. The van der Waals surface area contributed by atoms with E-state index in [2.05, 4.69) is 5.32 Å². The normalized spacial score (nSPS) is 17.2. The molecule has 1 aromatic rings. The second-order valence-corrected chi connectivity index (χ2v) is 4.53. The highest BCUT2D eigenvalue weighted by Gasteiger charge is 2.23. The number of carbonyl (C=O) groups is 2. The van der Waals surface area contributed by atoms with Crippen molar-refractivity contribution in [1.82, 2.24) is 4.90 Å². The lowest BCUT2D eigenvalue weighted by molar-refractivity contribution is -0.129. The first-order chi connectivity index (χ1) is 9.01. The minimum absolute atomic E-state index is 0.0151. The maximum Gasteiger partial charge on any atom is 0.265 e. The molecule has 1 aliphatic heterocycles. The first kappa shape index (κ1) is 13.4. The van der Waals surface area contributed by atoms with E-state index in [4.69, 9.17) is 10.5 Å². The van der Waals surface area contributed by atoms with Gasteiger partial charge in [0.05, 0.1) is 12.2 Å². The van der Waals surface area contributed by atoms with Crippen LogP contribution in [0.25, 0.3) is 0 Å². The number of likely N-dealkylation sites (N-methyl/N-ethyl adjacent to an activating group) is 1. The fraction of sp³-hybridized carbons (Fsp3) is 0.385. The smallest absolute Gasteiger partial charge is 0.265 e. The lowest BCUT2D eigenvalue weighted by atomic mass is 10.1. The van der Waals surface area contributed by atoms with Crippen LogP contribution in [0.2, 0.25) is 0 Å². The summed E-state index contributed by atoms with van der Waals surface area (Å²) in [5, 5.41) is 2.77. The van der Waals surface area contributed by atoms with Gasteiger partial charge in [-0.15, -0.1) is 0 Å². The third-order valence-corrected chi connectivity index (χ3v) is 2.99. The van der Waals surface area contributed by atoms with E-state index in [0.29, 0.717) is 18.0 Å². The molecule has 0 aliphatic carbocycles. The number of anilines is 1. The summed E-state index contributed by atoms with van der Waals surface area (Å²) in [4.78, 5) is 24.5. The van der Waals surface area contributed by atoms with E-state index in [1.165, 1.54) is 4.90 Å². The quantitative estimate of drug-likeness (QED) is 0.822. The number of rotatable bonds is 3. The van der Waals surface area contributed by atoms with Crippen LogP contribution >= 0.6 is 0 Å². The van der Waals surface area contributed by atoms with Crippen molar-refractivity contribution in [3.05, 3.63) is 23.8 Å². The number of nitrogens with zero attached hydrogens (tertiary/aromatic N) is 1. The van der Waals surface area contributed by atoms with Crippen LogP contribution in [-0.4, -0.2) is 36.4 Å². The highest BCUT2D eigenvalue weighted by Crippen LogP contribution is 2.30. The molecular weight excluding hydrogens is 246 g/mol. The minimum Gasteiger partial charge on any atom is -0.479 e. The Balaban J connectivity index is 2.15. The highest BCUT2D eigenvalue weighted by atomic mass is 16.5. The van der Waals surface area contributed by atoms with Gasteiger partial charge in [-0.1, -0.05) is 6.07 Å². The molecule has 3 N–H and O–H groups in total. The molecule has 2 amide bonds. The molecule has 102 valence electrons. The zero-order valence-corrected chi connectivity index (χ0v) is 11.0. The number of hydrogen-bond donors (Lipinski definition) is 2. The van der Waals surface area contributed by atoms with Crippen LogP contribution in [0.5, 0.6) is 5.75 Å². The number of nitrogens with two attached hydrogens (primary N) is 1. The van der Waals surface area contributed by atoms with Gasteiger partial charge in [-0.05, 0) is 24.6 Å². The van der Waals surface area contributed by atoms with Crippen molar-refractivity contribution in [2.45, 2.75) is 19.6 Å². The third-order valence-electron chi connectivity index (χ3n) is 2.99. The van der Waals surface area contributed by atoms with Crippen LogP contribution in [-0.2, 0) is 16.1 Å². The molecule has 0 fully saturated rings. The molecule has 0 radical (unpaired) electrons. The Kier molecular flexibility index (Phi) is 3.71. The molecule has 6 nitrogen and oxygen atoms in total. The molecule has 1 heterocycles. The molecule has 0 aromatic heterocycles. The fourth-order valence-electron chi connectivity index (χ4n) is 1.87. The number of hydrogen-bond acceptors (Lipinski definition) is 4. The molecule has 0 bridgehead atoms. The van der Waals surface area contributed by atoms with Gasteiger partial charge >= 0.3 is 0 Å². The van der Waals surface area contributed by atoms with Crippen LogP contribution < -0.4 is 15.8 Å². The Bertz CT molecular complexity index is 516. The molecule has 6 heteroatoms. The van der Waals surface area contributed by atoms with E-state index in [1.54, 1.807) is 26.1 Å². The lowest BCUT2D eigenvalue weighted by Crippen LogP contribution is -2.34. The average Bonchev–Trinajstić information content (AvgIpc) is 2.39. The first-order valence-electron chi connectivity index (χ1n) is 6.05. The van der Waals surface area contributed by atoms with Crippen LogP contribution in [0, 0.1) is 0 Å². The second kappa shape index (κ2) is 5.27. The molecule has 2 rings (SSSR count). The zero-order valence-electron chi connectivity index (χ0n) is 11.0. The third kappa shape index (κ3) is 2.85. The first-order valence-corrected chi connectivity index (χ1v) is 6.05. The number of nitrogens with one attached hydrogen (secondary N) is 1. The zero-order chi connectivity index (χ0) is 14.0. The van der Waals surface area contributed by atoms with Crippen molar-refractivity contribution in [2.75, 3.05) is 18.9 Å². The summed E-state index contributed by atoms with van der Waals surface area (Å²) in [5.41, 5.74) is 6.84. The molecule has 1 unspecified atom stereocenters. The van der Waals surface area contributed by atoms with Gasteiger partial charge in [0.1, 0.15) is 5.75 Å². The summed E-state index contributed by atoms with van der Waals surface area (Å²) < 4.78 is 5.46. The summed E-state index contributed by atoms with van der Waals surface area (Å²) in [7, 11) is 1.69. The summed E-state index contributed by atoms with van der Waals surface area (Å²) in [6.45, 7) is 2.12. The standard InChI is InChI=1S/C13H17N3O3/c1-8-13(18)15-10-5-9(3-4-11(10)19-8)7-16(2)12(17)6-14/h3-5,8H,6-7,14H2,1-2H3,(H,15,18). The van der Waals surface area contributed by atoms with Gasteiger partial charge in [-0.3, -0.25) is 9.59 Å². The van der Waals surface area contributed by atoms with Gasteiger partial charge in [0.15, 0.2) is 6.10 Å². The van der Waals surface area contributed by atoms with Crippen LogP contribution in [0.4, 0.5) is 5.69 Å². The molecule has 1 atom stereocenters. The highest BCUT2D eigenvalue weighted by molar-refractivity contribution is 5.97. The van der Waals surface area contributed by atoms with Crippen LogP contribution in [0.3, 0.4) is 0 Å². The van der Waals surface area contributed by atoms with Crippen molar-refractivity contribution in [3.63, 3.8) is 0 Å². The van der Waals surface area contributed by atoms with E-state index in [0.717, 1.165) is 5.56 Å². The largest absolute Gasteiger partial charge is 0.479 e. The van der Waals surface area contributed by atoms with Gasteiger partial charge in [0.2, 0.25) is 5.91 Å². The summed E-state index contributed by atoms with van der Waals surface area (Å²) in [6.07, 6.45) is -0.486. The van der Waals surface area contributed by atoms with Gasteiger partial charge < -0.3 is 20.7 Å². The molecule has 19 heavy (non-hydrogen) atoms. The van der Waals surface area contributed by atoms with Crippen molar-refractivity contribution < 1.29 is 14.3 Å². The number of ether oxygens (including phenoxy) is 1. The number of fused-ring (bicyclic) bond motifs is 1. The predicted octanol–water partition coefficient (Wildman–Crippen LogP) is 0.323. The van der Waals surface area contributed by atoms with E-state index < -0.39 is 6.10 Å². The Morgan fingerprint density at radius 3 is 2.95 bits per heavy atom. The maximum absolute atomic E-state index is 11.5. The van der Waals surface area contributed by atoms with Crippen molar-refractivity contribution >= 4 is 17.5 Å². The van der Waals surface area contributed by atoms with Crippen LogP contribution in [0.15, 0.2) is 18.2 Å².